The Bertz CT molecular complexity index is 1190. The summed E-state index contributed by atoms with van der Waals surface area (Å²) in [4.78, 5) is 37.0. The van der Waals surface area contributed by atoms with Gasteiger partial charge in [0.15, 0.2) is 5.76 Å². The molecule has 2 aromatic heterocycles. The number of carbonyl (C=O) groups is 3. The van der Waals surface area contributed by atoms with E-state index < -0.39 is 17.8 Å². The number of ether oxygens (including phenoxy) is 3. The minimum atomic E-state index is -0.691. The highest BCUT2D eigenvalue weighted by molar-refractivity contribution is 9.10. The number of rotatable bonds is 7. The molecule has 0 bridgehead atoms. The van der Waals surface area contributed by atoms with E-state index in [9.17, 15) is 14.4 Å². The molecule has 0 aliphatic heterocycles. The summed E-state index contributed by atoms with van der Waals surface area (Å²) in [6.07, 6.45) is 0. The number of esters is 2. The molecular formula is C21H17BrClNO7S. The van der Waals surface area contributed by atoms with Gasteiger partial charge in [0, 0.05) is 4.47 Å². The van der Waals surface area contributed by atoms with Gasteiger partial charge in [-0.2, -0.15) is 0 Å². The summed E-state index contributed by atoms with van der Waals surface area (Å²) < 4.78 is 21.5. The molecule has 0 aliphatic rings. The van der Waals surface area contributed by atoms with E-state index in [-0.39, 0.29) is 27.8 Å². The Hall–Kier alpha value is -2.82. The number of benzene rings is 1. The molecule has 0 saturated heterocycles. The number of thiophene rings is 1. The summed E-state index contributed by atoms with van der Waals surface area (Å²) >= 11 is 10.4. The summed E-state index contributed by atoms with van der Waals surface area (Å²) in [5, 5.41) is 3.17. The van der Waals surface area contributed by atoms with Gasteiger partial charge in [0.2, 0.25) is 0 Å². The van der Waals surface area contributed by atoms with Gasteiger partial charge in [-0.1, -0.05) is 27.5 Å². The van der Waals surface area contributed by atoms with E-state index in [2.05, 4.69) is 21.2 Å². The molecule has 3 rings (SSSR count). The topological polar surface area (TPSA) is 104 Å². The standard InChI is InChI=1S/C21H17BrClNO7S/c1-10-16(20(26)28-2)19(32-17(10)21(27)29-3)24-18(25)15-7-5-12(31-15)9-30-14-6-4-11(22)8-13(14)23/h4-8H,9H2,1-3H3,(H,24,25). The van der Waals surface area contributed by atoms with Crippen molar-refractivity contribution < 1.29 is 33.0 Å². The highest BCUT2D eigenvalue weighted by Gasteiger charge is 2.27. The Morgan fingerprint density at radius 3 is 2.50 bits per heavy atom. The lowest BCUT2D eigenvalue weighted by Crippen LogP contribution is -2.13. The normalized spacial score (nSPS) is 10.5. The number of halogens is 2. The molecule has 0 aliphatic carbocycles. The second kappa shape index (κ2) is 10.2. The monoisotopic (exact) mass is 541 g/mol. The van der Waals surface area contributed by atoms with Crippen molar-refractivity contribution in [2.24, 2.45) is 0 Å². The molecule has 1 N–H and O–H groups in total. The molecular weight excluding hydrogens is 526 g/mol. The van der Waals surface area contributed by atoms with Gasteiger partial charge < -0.3 is 23.9 Å². The number of anilines is 1. The van der Waals surface area contributed by atoms with Crippen LogP contribution in [0.2, 0.25) is 5.02 Å². The highest BCUT2D eigenvalue weighted by Crippen LogP contribution is 2.34. The van der Waals surface area contributed by atoms with E-state index in [0.717, 1.165) is 15.8 Å². The van der Waals surface area contributed by atoms with Crippen LogP contribution in [0.25, 0.3) is 0 Å². The van der Waals surface area contributed by atoms with Crippen LogP contribution in [0, 0.1) is 6.92 Å². The van der Waals surface area contributed by atoms with Crippen LogP contribution in [-0.4, -0.2) is 32.1 Å². The average Bonchev–Trinajstić information content (AvgIpc) is 3.37. The van der Waals surface area contributed by atoms with Crippen molar-refractivity contribution in [3.63, 3.8) is 0 Å². The van der Waals surface area contributed by atoms with Crippen LogP contribution >= 0.6 is 38.9 Å². The van der Waals surface area contributed by atoms with Crippen LogP contribution in [0.5, 0.6) is 5.75 Å². The Labute approximate surface area is 200 Å². The van der Waals surface area contributed by atoms with Crippen molar-refractivity contribution in [3.8, 4) is 5.75 Å². The largest absolute Gasteiger partial charge is 0.484 e. The van der Waals surface area contributed by atoms with Crippen LogP contribution in [0.4, 0.5) is 5.00 Å². The molecule has 168 valence electrons. The van der Waals surface area contributed by atoms with Gasteiger partial charge in [-0.05, 0) is 42.8 Å². The number of hydrogen-bond acceptors (Lipinski definition) is 8. The van der Waals surface area contributed by atoms with Crippen molar-refractivity contribution in [1.82, 2.24) is 0 Å². The number of carbonyl (C=O) groups excluding carboxylic acids is 3. The fourth-order valence-corrected chi connectivity index (χ4v) is 4.56. The number of amides is 1. The minimum absolute atomic E-state index is 0.00742. The van der Waals surface area contributed by atoms with Gasteiger partial charge in [0.25, 0.3) is 5.91 Å². The lowest BCUT2D eigenvalue weighted by Gasteiger charge is -2.07. The van der Waals surface area contributed by atoms with Gasteiger partial charge in [-0.15, -0.1) is 11.3 Å². The van der Waals surface area contributed by atoms with E-state index in [4.69, 9.17) is 30.2 Å². The zero-order chi connectivity index (χ0) is 23.4. The Morgan fingerprint density at radius 1 is 1.12 bits per heavy atom. The number of nitrogens with one attached hydrogen (secondary N) is 1. The predicted octanol–water partition coefficient (Wildman–Crippen LogP) is 5.47. The molecule has 0 saturated carbocycles. The first-order valence-corrected chi connectivity index (χ1v) is 11.0. The Balaban J connectivity index is 1.76. The molecule has 2 heterocycles. The zero-order valence-electron chi connectivity index (χ0n) is 17.1. The van der Waals surface area contributed by atoms with E-state index in [0.29, 0.717) is 22.1 Å². The van der Waals surface area contributed by atoms with Crippen LogP contribution in [0.1, 0.15) is 41.9 Å². The zero-order valence-corrected chi connectivity index (χ0v) is 20.3. The molecule has 0 radical (unpaired) electrons. The molecule has 0 unspecified atom stereocenters. The second-order valence-corrected chi connectivity index (χ2v) is 8.67. The fourth-order valence-electron chi connectivity index (χ4n) is 2.72. The van der Waals surface area contributed by atoms with Gasteiger partial charge >= 0.3 is 11.9 Å². The molecule has 0 spiro atoms. The molecule has 11 heteroatoms. The van der Waals surface area contributed by atoms with E-state index >= 15 is 0 Å². The van der Waals surface area contributed by atoms with E-state index in [1.165, 1.54) is 20.3 Å². The van der Waals surface area contributed by atoms with Crippen LogP contribution in [-0.2, 0) is 16.1 Å². The van der Waals surface area contributed by atoms with E-state index in [1.807, 2.05) is 0 Å². The third kappa shape index (κ3) is 5.14. The van der Waals surface area contributed by atoms with Gasteiger partial charge in [-0.3, -0.25) is 4.79 Å². The molecule has 0 atom stereocenters. The Morgan fingerprint density at radius 2 is 1.84 bits per heavy atom. The molecule has 1 aromatic carbocycles. The first kappa shape index (κ1) is 23.8. The van der Waals surface area contributed by atoms with Crippen LogP contribution in [0.3, 0.4) is 0 Å². The lowest BCUT2D eigenvalue weighted by atomic mass is 10.1. The van der Waals surface area contributed by atoms with Crippen LogP contribution in [0.15, 0.2) is 39.2 Å². The maximum absolute atomic E-state index is 12.7. The SMILES string of the molecule is COC(=O)c1sc(NC(=O)c2ccc(COc3ccc(Br)cc3Cl)o2)c(C(=O)OC)c1C. The molecule has 8 nitrogen and oxygen atoms in total. The van der Waals surface area contributed by atoms with Crippen LogP contribution < -0.4 is 10.1 Å². The smallest absolute Gasteiger partial charge is 0.348 e. The first-order chi connectivity index (χ1) is 15.2. The number of methoxy groups -OCH3 is 2. The average molecular weight is 543 g/mol. The third-order valence-corrected chi connectivity index (χ3v) is 6.26. The van der Waals surface area contributed by atoms with E-state index in [1.54, 1.807) is 31.2 Å². The van der Waals surface area contributed by atoms with Crippen molar-refractivity contribution in [2.75, 3.05) is 19.5 Å². The van der Waals surface area contributed by atoms with Crippen molar-refractivity contribution in [3.05, 3.63) is 67.4 Å². The Kier molecular flexibility index (Phi) is 7.60. The molecule has 3 aromatic rings. The van der Waals surface area contributed by atoms with Gasteiger partial charge in [-0.25, -0.2) is 9.59 Å². The first-order valence-electron chi connectivity index (χ1n) is 9.03. The fraction of sp³-hybridized carbons (Fsp3) is 0.190. The summed E-state index contributed by atoms with van der Waals surface area (Å²) in [6.45, 7) is 1.62. The molecule has 32 heavy (non-hydrogen) atoms. The van der Waals surface area contributed by atoms with Crippen molar-refractivity contribution in [2.45, 2.75) is 13.5 Å². The summed E-state index contributed by atoms with van der Waals surface area (Å²) in [5.41, 5.74) is 0.426. The minimum Gasteiger partial charge on any atom is -0.484 e. The summed E-state index contributed by atoms with van der Waals surface area (Å²) in [7, 11) is 2.44. The summed E-state index contributed by atoms with van der Waals surface area (Å²) in [6, 6.07) is 8.24. The lowest BCUT2D eigenvalue weighted by molar-refractivity contribution is 0.0601. The molecule has 1 amide bonds. The second-order valence-electron chi connectivity index (χ2n) is 6.33. The van der Waals surface area contributed by atoms with Crippen molar-refractivity contribution >= 4 is 61.7 Å². The van der Waals surface area contributed by atoms with Gasteiger partial charge in [0.1, 0.15) is 28.0 Å². The molecule has 0 fully saturated rings. The number of furan rings is 1. The predicted molar refractivity (Wildman–Crippen MR) is 122 cm³/mol. The summed E-state index contributed by atoms with van der Waals surface area (Å²) in [5.74, 6) is -1.08. The number of hydrogen-bond donors (Lipinski definition) is 1. The van der Waals surface area contributed by atoms with Crippen molar-refractivity contribution in [1.29, 1.82) is 0 Å². The highest BCUT2D eigenvalue weighted by atomic mass is 79.9. The quantitative estimate of drug-likeness (QED) is 0.395. The van der Waals surface area contributed by atoms with Gasteiger partial charge in [0.05, 0.1) is 24.8 Å². The maximum atomic E-state index is 12.7. The maximum Gasteiger partial charge on any atom is 0.348 e. The third-order valence-electron chi connectivity index (χ3n) is 4.28.